The van der Waals surface area contributed by atoms with Gasteiger partial charge in [0, 0.05) is 27.5 Å². The van der Waals surface area contributed by atoms with E-state index in [1.807, 2.05) is 54.6 Å². The van der Waals surface area contributed by atoms with E-state index >= 15 is 0 Å². The van der Waals surface area contributed by atoms with Crippen molar-refractivity contribution < 1.29 is 26.5 Å². The Balaban J connectivity index is 0.000000412. The van der Waals surface area contributed by atoms with Gasteiger partial charge in [-0.15, -0.1) is 12.1 Å². The van der Waals surface area contributed by atoms with Gasteiger partial charge in [0.15, 0.2) is 0 Å². The van der Waals surface area contributed by atoms with Gasteiger partial charge in [-0.25, -0.2) is 0 Å². The van der Waals surface area contributed by atoms with Gasteiger partial charge in [-0.2, -0.15) is 12.1 Å². The third-order valence-electron chi connectivity index (χ3n) is 3.73. The third-order valence-corrected chi connectivity index (χ3v) is 3.73. The monoisotopic (exact) mass is 354 g/mol. The quantitative estimate of drug-likeness (QED) is 0.368. The Bertz CT molecular complexity index is 621. The van der Waals surface area contributed by atoms with Gasteiger partial charge in [-0.3, -0.25) is 0 Å². The third kappa shape index (κ3) is 5.81. The molecule has 0 aliphatic heterocycles. The molecular formula is C22H26OTi-6. The maximum atomic E-state index is 6.10. The average Bonchev–Trinajstić information content (AvgIpc) is 3.23. The fraction of sp³-hybridized carbons (Fsp3) is 0.273. The second-order valence-corrected chi connectivity index (χ2v) is 6.26. The molecular weight excluding hydrogens is 328 g/mol. The molecule has 0 aromatic heterocycles. The Labute approximate surface area is 161 Å². The molecule has 0 fully saturated rings. The van der Waals surface area contributed by atoms with Crippen LogP contribution in [0.2, 0.25) is 0 Å². The minimum Gasteiger partial charge on any atom is -0.748 e. The first-order valence-electron chi connectivity index (χ1n) is 8.28. The number of ether oxygens (including phenoxy) is 1. The average molecular weight is 354 g/mol. The zero-order valence-corrected chi connectivity index (χ0v) is 16.6. The van der Waals surface area contributed by atoms with Crippen molar-refractivity contribution in [3.05, 3.63) is 83.9 Å². The molecule has 0 spiro atoms. The molecule has 24 heavy (non-hydrogen) atoms. The van der Waals surface area contributed by atoms with Crippen LogP contribution in [0, 0.1) is 0 Å². The molecule has 0 aliphatic carbocycles. The van der Waals surface area contributed by atoms with E-state index in [1.54, 1.807) is 0 Å². The number of hydrogen-bond donors (Lipinski definition) is 0. The van der Waals surface area contributed by atoms with Crippen LogP contribution in [0.4, 0.5) is 0 Å². The molecule has 0 saturated heterocycles. The molecule has 0 amide bonds. The normalized spacial score (nSPS) is 10.1. The van der Waals surface area contributed by atoms with E-state index in [4.69, 9.17) is 4.74 Å². The summed E-state index contributed by atoms with van der Waals surface area (Å²) in [5.74, 6) is 2.89. The van der Waals surface area contributed by atoms with Crippen LogP contribution < -0.4 is 4.74 Å². The zero-order valence-electron chi connectivity index (χ0n) is 15.0. The Hall–Kier alpha value is -1.57. The predicted molar refractivity (Wildman–Crippen MR) is 98.8 cm³/mol. The Morgan fingerprint density at radius 1 is 0.750 bits per heavy atom. The summed E-state index contributed by atoms with van der Waals surface area (Å²) >= 11 is 0. The smallest absolute Gasteiger partial charge is 0.0559 e. The molecule has 3 aromatic carbocycles. The fourth-order valence-electron chi connectivity index (χ4n) is 2.46. The Morgan fingerprint density at radius 2 is 1.17 bits per heavy atom. The molecule has 1 nitrogen and oxygen atoms in total. The molecule has 3 rings (SSSR count). The number of hydrogen-bond acceptors (Lipinski definition) is 1. The fourth-order valence-corrected chi connectivity index (χ4v) is 2.46. The molecule has 0 aliphatic rings. The van der Waals surface area contributed by atoms with E-state index in [-0.39, 0.29) is 21.7 Å². The van der Waals surface area contributed by atoms with E-state index in [9.17, 15) is 0 Å². The molecule has 0 bridgehead atoms. The van der Waals surface area contributed by atoms with Crippen molar-refractivity contribution >= 4 is 0 Å². The zero-order chi connectivity index (χ0) is 16.7. The van der Waals surface area contributed by atoms with Gasteiger partial charge in [0.2, 0.25) is 0 Å². The summed E-state index contributed by atoms with van der Waals surface area (Å²) in [6.07, 6.45) is 0. The van der Waals surface area contributed by atoms with Gasteiger partial charge in [-0.05, 0) is 23.0 Å². The van der Waals surface area contributed by atoms with Crippen LogP contribution in [0.5, 0.6) is 11.5 Å². The van der Waals surface area contributed by atoms with Gasteiger partial charge in [0.05, 0.1) is 5.75 Å². The molecule has 0 radical (unpaired) electrons. The van der Waals surface area contributed by atoms with Crippen LogP contribution in [0.15, 0.2) is 72.8 Å². The molecule has 0 unspecified atom stereocenters. The van der Waals surface area contributed by atoms with Crippen LogP contribution >= 0.6 is 0 Å². The molecule has 0 atom stereocenters. The van der Waals surface area contributed by atoms with Gasteiger partial charge in [-0.1, -0.05) is 45.9 Å². The van der Waals surface area contributed by atoms with E-state index in [0.717, 1.165) is 11.5 Å². The van der Waals surface area contributed by atoms with Crippen molar-refractivity contribution in [3.8, 4) is 11.5 Å². The van der Waals surface area contributed by atoms with Crippen molar-refractivity contribution in [1.29, 1.82) is 0 Å². The maximum Gasteiger partial charge on any atom is 0.0559 e. The first-order valence-corrected chi connectivity index (χ1v) is 8.28. The summed E-state index contributed by atoms with van der Waals surface area (Å²) in [6, 6.07) is 24.5. The standard InChI is InChI=1S/C17H21O.C5H5.Ti/c1-12(2)15-10-7-11-16(13(3)4)17(15)18-14-8-5-6-9-14;1-2-4-5-3-1;/h5-13H,1-4H3;1-5H;/q-1;-5;. The van der Waals surface area contributed by atoms with E-state index < -0.39 is 0 Å². The number of rotatable bonds is 4. The van der Waals surface area contributed by atoms with Gasteiger partial charge in [0.25, 0.3) is 0 Å². The molecule has 2 heteroatoms. The minimum absolute atomic E-state index is 0. The Morgan fingerprint density at radius 3 is 1.54 bits per heavy atom. The second-order valence-electron chi connectivity index (χ2n) is 6.26. The van der Waals surface area contributed by atoms with Crippen LogP contribution in [0.25, 0.3) is 0 Å². The topological polar surface area (TPSA) is 9.23 Å². The summed E-state index contributed by atoms with van der Waals surface area (Å²) in [6.45, 7) is 8.82. The summed E-state index contributed by atoms with van der Waals surface area (Å²) in [5.41, 5.74) is 2.56. The summed E-state index contributed by atoms with van der Waals surface area (Å²) in [4.78, 5) is 0. The van der Waals surface area contributed by atoms with Gasteiger partial charge in [0.1, 0.15) is 0 Å². The first kappa shape index (κ1) is 20.5. The number of para-hydroxylation sites is 1. The molecule has 3 aromatic rings. The molecule has 130 valence electrons. The van der Waals surface area contributed by atoms with Crippen molar-refractivity contribution in [2.24, 2.45) is 0 Å². The largest absolute Gasteiger partial charge is 0.748 e. The van der Waals surface area contributed by atoms with Crippen molar-refractivity contribution in [2.45, 2.75) is 39.5 Å². The van der Waals surface area contributed by atoms with E-state index in [2.05, 4.69) is 45.9 Å². The second kappa shape index (κ2) is 10.3. The van der Waals surface area contributed by atoms with Crippen molar-refractivity contribution in [1.82, 2.24) is 0 Å². The van der Waals surface area contributed by atoms with E-state index in [0.29, 0.717) is 11.8 Å². The minimum atomic E-state index is 0. The van der Waals surface area contributed by atoms with Crippen LogP contribution in [0.1, 0.15) is 50.7 Å². The first-order chi connectivity index (χ1) is 11.1. The van der Waals surface area contributed by atoms with E-state index in [1.165, 1.54) is 11.1 Å². The van der Waals surface area contributed by atoms with Crippen LogP contribution in [-0.2, 0) is 21.7 Å². The van der Waals surface area contributed by atoms with Crippen molar-refractivity contribution in [3.63, 3.8) is 0 Å². The van der Waals surface area contributed by atoms with Crippen molar-refractivity contribution in [2.75, 3.05) is 0 Å². The maximum absolute atomic E-state index is 6.10. The van der Waals surface area contributed by atoms with Gasteiger partial charge < -0.3 is 35.1 Å². The summed E-state index contributed by atoms with van der Waals surface area (Å²) in [5, 5.41) is 0. The van der Waals surface area contributed by atoms with Gasteiger partial charge >= 0.3 is 0 Å². The molecule has 0 heterocycles. The summed E-state index contributed by atoms with van der Waals surface area (Å²) < 4.78 is 6.10. The molecule has 0 saturated carbocycles. The van der Waals surface area contributed by atoms with Crippen LogP contribution in [0.3, 0.4) is 0 Å². The Kier molecular flexibility index (Phi) is 8.81. The molecule has 0 N–H and O–H groups in total. The SMILES string of the molecule is CC(C)c1cccc(C(C)C)c1O[c-]1cccc1.[Ti].[cH-]1[cH-][cH-][cH-][cH-]1. The summed E-state index contributed by atoms with van der Waals surface area (Å²) in [7, 11) is 0. The predicted octanol–water partition coefficient (Wildman–Crippen LogP) is 6.85. The van der Waals surface area contributed by atoms with Crippen LogP contribution in [-0.4, -0.2) is 0 Å². The number of benzene rings is 1.